The number of rotatable bonds is 8. The number of aromatic nitrogens is 2. The summed E-state index contributed by atoms with van der Waals surface area (Å²) in [4.78, 5) is 10.4. The topological polar surface area (TPSA) is 50.3 Å². The molecule has 0 aliphatic heterocycles. The minimum atomic E-state index is 0.646. The Bertz CT molecular complexity index is 319. The first-order valence-electron chi connectivity index (χ1n) is 6.14. The molecular formula is C12H22N4O. The van der Waals surface area contributed by atoms with Gasteiger partial charge in [-0.2, -0.15) is 0 Å². The number of likely N-dealkylation sites (N-methyl/N-ethyl adjacent to an activating group) is 2. The van der Waals surface area contributed by atoms with Crippen molar-refractivity contribution in [1.29, 1.82) is 0 Å². The Morgan fingerprint density at radius 1 is 1.35 bits per heavy atom. The van der Waals surface area contributed by atoms with Crippen LogP contribution in [0.2, 0.25) is 0 Å². The monoisotopic (exact) mass is 238 g/mol. The van der Waals surface area contributed by atoms with Crippen molar-refractivity contribution in [3.05, 3.63) is 12.4 Å². The first-order valence-corrected chi connectivity index (χ1v) is 6.14. The highest BCUT2D eigenvalue weighted by molar-refractivity contribution is 5.39. The molecule has 17 heavy (non-hydrogen) atoms. The van der Waals surface area contributed by atoms with Gasteiger partial charge in [-0.15, -0.1) is 0 Å². The summed E-state index contributed by atoms with van der Waals surface area (Å²) in [5.74, 6) is 1.54. The molecule has 1 aromatic rings. The van der Waals surface area contributed by atoms with Crippen LogP contribution in [0.3, 0.4) is 0 Å². The van der Waals surface area contributed by atoms with Crippen LogP contribution in [0.4, 0.5) is 5.82 Å². The summed E-state index contributed by atoms with van der Waals surface area (Å²) in [6.45, 7) is 7.71. The molecule has 1 N–H and O–H groups in total. The van der Waals surface area contributed by atoms with Crippen LogP contribution in [0.15, 0.2) is 12.4 Å². The average molecular weight is 238 g/mol. The van der Waals surface area contributed by atoms with Crippen molar-refractivity contribution in [3.63, 3.8) is 0 Å². The average Bonchev–Trinajstić information content (AvgIpc) is 2.37. The lowest BCUT2D eigenvalue weighted by atomic mass is 10.4. The number of hydrogen-bond acceptors (Lipinski definition) is 5. The number of anilines is 1. The fourth-order valence-corrected chi connectivity index (χ4v) is 1.36. The molecule has 0 amide bonds. The fourth-order valence-electron chi connectivity index (χ4n) is 1.36. The summed E-state index contributed by atoms with van der Waals surface area (Å²) in [5, 5.41) is 3.28. The second-order valence-corrected chi connectivity index (χ2v) is 3.84. The van der Waals surface area contributed by atoms with Crippen LogP contribution >= 0.6 is 0 Å². The standard InChI is InChI=1S/C12H22N4O/c1-4-8-17-12-9-11(14-10-15-12)16(3)7-6-13-5-2/h9-10,13H,4-8H2,1-3H3. The molecule has 5 heteroatoms. The van der Waals surface area contributed by atoms with Crippen molar-refractivity contribution < 1.29 is 4.74 Å². The van der Waals surface area contributed by atoms with Gasteiger partial charge in [0.05, 0.1) is 6.61 Å². The highest BCUT2D eigenvalue weighted by atomic mass is 16.5. The molecule has 0 saturated carbocycles. The molecule has 0 saturated heterocycles. The predicted molar refractivity (Wildman–Crippen MR) is 69.6 cm³/mol. The zero-order valence-electron chi connectivity index (χ0n) is 10.9. The molecule has 0 atom stereocenters. The SMILES string of the molecule is CCCOc1cc(N(C)CCNCC)ncn1. The maximum absolute atomic E-state index is 5.48. The lowest BCUT2D eigenvalue weighted by Gasteiger charge is -2.18. The Balaban J connectivity index is 2.51. The van der Waals surface area contributed by atoms with E-state index in [0.717, 1.165) is 31.9 Å². The van der Waals surface area contributed by atoms with Crippen LogP contribution in [0.25, 0.3) is 0 Å². The summed E-state index contributed by atoms with van der Waals surface area (Å²) in [6.07, 6.45) is 2.53. The van der Waals surface area contributed by atoms with Gasteiger partial charge in [-0.25, -0.2) is 9.97 Å². The van der Waals surface area contributed by atoms with E-state index in [2.05, 4.69) is 34.0 Å². The van der Waals surface area contributed by atoms with E-state index in [0.29, 0.717) is 12.5 Å². The first-order chi connectivity index (χ1) is 8.27. The Kier molecular flexibility index (Phi) is 6.32. The van der Waals surface area contributed by atoms with Crippen LogP contribution < -0.4 is 15.0 Å². The minimum absolute atomic E-state index is 0.646. The molecule has 1 aromatic heterocycles. The summed E-state index contributed by atoms with van der Waals surface area (Å²) in [7, 11) is 2.02. The Hall–Kier alpha value is -1.36. The van der Waals surface area contributed by atoms with Crippen molar-refractivity contribution in [2.75, 3.05) is 38.2 Å². The summed E-state index contributed by atoms with van der Waals surface area (Å²) in [6, 6.07) is 1.88. The van der Waals surface area contributed by atoms with Gasteiger partial charge < -0.3 is 15.0 Å². The number of hydrogen-bond donors (Lipinski definition) is 1. The van der Waals surface area contributed by atoms with Gasteiger partial charge in [-0.3, -0.25) is 0 Å². The Morgan fingerprint density at radius 3 is 2.88 bits per heavy atom. The quantitative estimate of drug-likeness (QED) is 0.692. The van der Waals surface area contributed by atoms with Gasteiger partial charge in [0.2, 0.25) is 5.88 Å². The van der Waals surface area contributed by atoms with Gasteiger partial charge in [0.1, 0.15) is 12.1 Å². The van der Waals surface area contributed by atoms with Crippen LogP contribution in [-0.2, 0) is 0 Å². The number of ether oxygens (including phenoxy) is 1. The molecule has 0 fully saturated rings. The van der Waals surface area contributed by atoms with E-state index in [4.69, 9.17) is 4.74 Å². The fraction of sp³-hybridized carbons (Fsp3) is 0.667. The molecule has 0 aliphatic carbocycles. The molecular weight excluding hydrogens is 216 g/mol. The molecule has 5 nitrogen and oxygen atoms in total. The van der Waals surface area contributed by atoms with Crippen molar-refractivity contribution in [3.8, 4) is 5.88 Å². The van der Waals surface area contributed by atoms with Gasteiger partial charge >= 0.3 is 0 Å². The Labute approximate surface area is 103 Å². The smallest absolute Gasteiger partial charge is 0.218 e. The first kappa shape index (κ1) is 13.7. The van der Waals surface area contributed by atoms with E-state index in [1.807, 2.05) is 13.1 Å². The molecule has 0 spiro atoms. The number of nitrogens with zero attached hydrogens (tertiary/aromatic N) is 3. The predicted octanol–water partition coefficient (Wildman–Crippen LogP) is 1.31. The third-order valence-electron chi connectivity index (χ3n) is 2.35. The van der Waals surface area contributed by atoms with Gasteiger partial charge in [0, 0.05) is 26.2 Å². The summed E-state index contributed by atoms with van der Waals surface area (Å²) < 4.78 is 5.48. The molecule has 96 valence electrons. The Morgan fingerprint density at radius 2 is 2.18 bits per heavy atom. The van der Waals surface area contributed by atoms with E-state index in [1.165, 1.54) is 0 Å². The van der Waals surface area contributed by atoms with Crippen molar-refractivity contribution >= 4 is 5.82 Å². The second kappa shape index (κ2) is 7.84. The normalized spacial score (nSPS) is 10.3. The van der Waals surface area contributed by atoms with Crippen molar-refractivity contribution in [1.82, 2.24) is 15.3 Å². The molecule has 1 heterocycles. The third-order valence-corrected chi connectivity index (χ3v) is 2.35. The highest BCUT2D eigenvalue weighted by Crippen LogP contribution is 2.14. The van der Waals surface area contributed by atoms with E-state index in [-0.39, 0.29) is 0 Å². The van der Waals surface area contributed by atoms with Crippen LogP contribution in [0.1, 0.15) is 20.3 Å². The number of nitrogens with one attached hydrogen (secondary N) is 1. The van der Waals surface area contributed by atoms with Gasteiger partial charge in [0.25, 0.3) is 0 Å². The molecule has 0 unspecified atom stereocenters. The van der Waals surface area contributed by atoms with E-state index in [1.54, 1.807) is 6.33 Å². The van der Waals surface area contributed by atoms with Gasteiger partial charge in [-0.05, 0) is 13.0 Å². The van der Waals surface area contributed by atoms with E-state index in [9.17, 15) is 0 Å². The molecule has 0 aliphatic rings. The highest BCUT2D eigenvalue weighted by Gasteiger charge is 2.04. The van der Waals surface area contributed by atoms with E-state index < -0.39 is 0 Å². The zero-order valence-corrected chi connectivity index (χ0v) is 10.9. The minimum Gasteiger partial charge on any atom is -0.478 e. The van der Waals surface area contributed by atoms with Crippen LogP contribution in [0.5, 0.6) is 5.88 Å². The summed E-state index contributed by atoms with van der Waals surface area (Å²) >= 11 is 0. The van der Waals surface area contributed by atoms with E-state index >= 15 is 0 Å². The van der Waals surface area contributed by atoms with Gasteiger partial charge in [0.15, 0.2) is 0 Å². The lowest BCUT2D eigenvalue weighted by molar-refractivity contribution is 0.304. The second-order valence-electron chi connectivity index (χ2n) is 3.84. The largest absolute Gasteiger partial charge is 0.478 e. The van der Waals surface area contributed by atoms with Crippen molar-refractivity contribution in [2.45, 2.75) is 20.3 Å². The zero-order chi connectivity index (χ0) is 12.5. The molecule has 0 bridgehead atoms. The molecule has 1 rings (SSSR count). The lowest BCUT2D eigenvalue weighted by Crippen LogP contribution is -2.29. The van der Waals surface area contributed by atoms with Crippen molar-refractivity contribution in [2.24, 2.45) is 0 Å². The van der Waals surface area contributed by atoms with Crippen LogP contribution in [0, 0.1) is 0 Å². The molecule has 0 aromatic carbocycles. The summed E-state index contributed by atoms with van der Waals surface area (Å²) in [5.41, 5.74) is 0. The van der Waals surface area contributed by atoms with Crippen LogP contribution in [-0.4, -0.2) is 43.3 Å². The molecule has 0 radical (unpaired) electrons. The maximum atomic E-state index is 5.48. The van der Waals surface area contributed by atoms with Gasteiger partial charge in [-0.1, -0.05) is 13.8 Å². The third kappa shape index (κ3) is 4.99. The maximum Gasteiger partial charge on any atom is 0.218 e.